The molecule has 1 aliphatic heterocycles. The van der Waals surface area contributed by atoms with Crippen LogP contribution < -0.4 is 4.74 Å². The number of carboxylic acid groups (broad SMARTS) is 1. The van der Waals surface area contributed by atoms with Crippen molar-refractivity contribution in [3.8, 4) is 5.75 Å². The molecule has 9 heteroatoms. The molecule has 0 amide bonds. The minimum atomic E-state index is -3.79. The Morgan fingerprint density at radius 3 is 2.62 bits per heavy atom. The molecular weight excluding hydrogens is 341 g/mol. The molecule has 116 valence electrons. The largest absolute Gasteiger partial charge is 0.478 e. The maximum absolute atomic E-state index is 12.4. The Morgan fingerprint density at radius 2 is 2.10 bits per heavy atom. The molecule has 1 atom stereocenters. The zero-order valence-electron chi connectivity index (χ0n) is 11.3. The van der Waals surface area contributed by atoms with Gasteiger partial charge in [-0.05, 0) is 6.07 Å². The molecule has 1 unspecified atom stereocenters. The molecule has 0 bridgehead atoms. The molecule has 2 rings (SSSR count). The molecule has 1 N–H and O–H groups in total. The maximum atomic E-state index is 12.4. The van der Waals surface area contributed by atoms with E-state index in [0.717, 1.165) is 4.31 Å². The van der Waals surface area contributed by atoms with Crippen LogP contribution in [-0.2, 0) is 21.2 Å². The van der Waals surface area contributed by atoms with E-state index >= 15 is 0 Å². The third kappa shape index (κ3) is 2.70. The summed E-state index contributed by atoms with van der Waals surface area (Å²) >= 11 is 12.1. The average Bonchev–Trinajstić information content (AvgIpc) is 2.86. The van der Waals surface area contributed by atoms with Crippen molar-refractivity contribution in [2.45, 2.75) is 24.3 Å². The van der Waals surface area contributed by atoms with Gasteiger partial charge in [-0.3, -0.25) is 0 Å². The van der Waals surface area contributed by atoms with Gasteiger partial charge in [0.1, 0.15) is 15.7 Å². The number of hydrogen-bond donors (Lipinski definition) is 1. The van der Waals surface area contributed by atoms with E-state index in [9.17, 15) is 13.2 Å². The lowest BCUT2D eigenvalue weighted by Gasteiger charge is -2.17. The van der Waals surface area contributed by atoms with Crippen LogP contribution in [0.15, 0.2) is 11.0 Å². The monoisotopic (exact) mass is 353 g/mol. The summed E-state index contributed by atoms with van der Waals surface area (Å²) in [5.74, 6) is -1.01. The lowest BCUT2D eigenvalue weighted by Crippen LogP contribution is -2.27. The number of fused-ring (bicyclic) bond motifs is 1. The standard InChI is InChI=1S/C12H13Cl2NO5S/c1-3-15(2)21(18,19)8-5-6-4-7(12(16)17)20-11(6)10(14)9(8)13/h5,7H,3-4H2,1-2H3,(H,16,17). The molecule has 0 aromatic heterocycles. The van der Waals surface area contributed by atoms with E-state index in [1.807, 2.05) is 0 Å². The number of hydrogen-bond acceptors (Lipinski definition) is 4. The molecule has 0 spiro atoms. The fourth-order valence-corrected chi connectivity index (χ4v) is 4.01. The molecule has 1 aliphatic rings. The molecule has 0 saturated heterocycles. The number of aliphatic carboxylic acids is 1. The zero-order chi connectivity index (χ0) is 15.9. The van der Waals surface area contributed by atoms with Crippen LogP contribution >= 0.6 is 23.2 Å². The molecule has 21 heavy (non-hydrogen) atoms. The Labute approximate surface area is 132 Å². The number of nitrogens with zero attached hydrogens (tertiary/aromatic N) is 1. The number of ether oxygens (including phenoxy) is 1. The van der Waals surface area contributed by atoms with Gasteiger partial charge in [0.15, 0.2) is 6.10 Å². The van der Waals surface area contributed by atoms with Gasteiger partial charge in [0.05, 0.1) is 5.02 Å². The number of benzene rings is 1. The van der Waals surface area contributed by atoms with Gasteiger partial charge in [0.2, 0.25) is 10.0 Å². The van der Waals surface area contributed by atoms with Gasteiger partial charge in [-0.25, -0.2) is 17.5 Å². The van der Waals surface area contributed by atoms with E-state index in [4.69, 9.17) is 33.0 Å². The SMILES string of the molecule is CCN(C)S(=O)(=O)c1cc2c(c(Cl)c1Cl)OC(C(=O)O)C2. The Bertz CT molecular complexity index is 704. The number of carboxylic acids is 1. The van der Waals surface area contributed by atoms with Crippen molar-refractivity contribution < 1.29 is 23.1 Å². The van der Waals surface area contributed by atoms with Gasteiger partial charge in [0.25, 0.3) is 0 Å². The fourth-order valence-electron chi connectivity index (χ4n) is 1.96. The highest BCUT2D eigenvalue weighted by Crippen LogP contribution is 2.44. The molecular formula is C12H13Cl2NO5S. The summed E-state index contributed by atoms with van der Waals surface area (Å²) in [5.41, 5.74) is 0.417. The third-order valence-corrected chi connectivity index (χ3v) is 6.20. The molecule has 0 aliphatic carbocycles. The quantitative estimate of drug-likeness (QED) is 0.894. The van der Waals surface area contributed by atoms with Crippen molar-refractivity contribution >= 4 is 39.2 Å². The summed E-state index contributed by atoms with van der Waals surface area (Å²) in [4.78, 5) is 10.8. The molecule has 0 radical (unpaired) electrons. The summed E-state index contributed by atoms with van der Waals surface area (Å²) in [6.07, 6.45) is -1.05. The van der Waals surface area contributed by atoms with Crippen molar-refractivity contribution in [2.75, 3.05) is 13.6 Å². The summed E-state index contributed by atoms with van der Waals surface area (Å²) in [5, 5.41) is 8.73. The molecule has 1 heterocycles. The van der Waals surface area contributed by atoms with E-state index < -0.39 is 22.1 Å². The van der Waals surface area contributed by atoms with Crippen LogP contribution in [0.2, 0.25) is 10.0 Å². The molecule has 1 aromatic rings. The van der Waals surface area contributed by atoms with Gasteiger partial charge >= 0.3 is 5.97 Å². The minimum Gasteiger partial charge on any atom is -0.478 e. The predicted octanol–water partition coefficient (Wildman–Crippen LogP) is 2.02. The van der Waals surface area contributed by atoms with Crippen molar-refractivity contribution in [3.05, 3.63) is 21.7 Å². The summed E-state index contributed by atoms with van der Waals surface area (Å²) in [7, 11) is -2.37. The minimum absolute atomic E-state index is 0.0416. The van der Waals surface area contributed by atoms with Gasteiger partial charge < -0.3 is 9.84 Å². The Morgan fingerprint density at radius 1 is 1.48 bits per heavy atom. The molecule has 6 nitrogen and oxygen atoms in total. The number of rotatable bonds is 4. The second-order valence-corrected chi connectivity index (χ2v) is 7.33. The first-order valence-corrected chi connectivity index (χ1v) is 8.26. The third-order valence-electron chi connectivity index (χ3n) is 3.28. The second-order valence-electron chi connectivity index (χ2n) is 4.56. The van der Waals surface area contributed by atoms with Crippen LogP contribution in [0.5, 0.6) is 5.75 Å². The lowest BCUT2D eigenvalue weighted by atomic mass is 10.1. The van der Waals surface area contributed by atoms with Crippen LogP contribution in [0.1, 0.15) is 12.5 Å². The molecule has 0 fully saturated rings. The molecule has 0 saturated carbocycles. The van der Waals surface area contributed by atoms with Gasteiger partial charge in [-0.15, -0.1) is 0 Å². The predicted molar refractivity (Wildman–Crippen MR) is 77.7 cm³/mol. The lowest BCUT2D eigenvalue weighted by molar-refractivity contribution is -0.144. The first kappa shape index (κ1) is 16.4. The smallest absolute Gasteiger partial charge is 0.345 e. The highest BCUT2D eigenvalue weighted by atomic mass is 35.5. The number of carbonyl (C=O) groups is 1. The van der Waals surface area contributed by atoms with Crippen LogP contribution in [0.3, 0.4) is 0 Å². The van der Waals surface area contributed by atoms with Gasteiger partial charge in [-0.2, -0.15) is 0 Å². The number of sulfonamides is 1. The summed E-state index contributed by atoms with van der Waals surface area (Å²) in [6.45, 7) is 1.95. The topological polar surface area (TPSA) is 83.9 Å². The van der Waals surface area contributed by atoms with E-state index in [1.165, 1.54) is 13.1 Å². The van der Waals surface area contributed by atoms with Crippen molar-refractivity contribution in [1.29, 1.82) is 0 Å². The normalized spacial score (nSPS) is 17.7. The first-order valence-electron chi connectivity index (χ1n) is 6.06. The highest BCUT2D eigenvalue weighted by molar-refractivity contribution is 7.89. The van der Waals surface area contributed by atoms with E-state index in [1.54, 1.807) is 6.92 Å². The van der Waals surface area contributed by atoms with E-state index in [2.05, 4.69) is 0 Å². The molecule has 1 aromatic carbocycles. The van der Waals surface area contributed by atoms with Crippen LogP contribution in [0.25, 0.3) is 0 Å². The van der Waals surface area contributed by atoms with Crippen molar-refractivity contribution in [2.24, 2.45) is 0 Å². The fraction of sp³-hybridized carbons (Fsp3) is 0.417. The second kappa shape index (κ2) is 5.64. The van der Waals surface area contributed by atoms with Crippen molar-refractivity contribution in [1.82, 2.24) is 4.31 Å². The van der Waals surface area contributed by atoms with Gasteiger partial charge in [-0.1, -0.05) is 30.1 Å². The van der Waals surface area contributed by atoms with Crippen molar-refractivity contribution in [3.63, 3.8) is 0 Å². The van der Waals surface area contributed by atoms with Crippen LogP contribution in [-0.4, -0.2) is 43.5 Å². The Kier molecular flexibility index (Phi) is 4.39. The maximum Gasteiger partial charge on any atom is 0.345 e. The number of halogens is 2. The van der Waals surface area contributed by atoms with Crippen LogP contribution in [0.4, 0.5) is 0 Å². The Hall–Kier alpha value is -1.02. The summed E-state index contributed by atoms with van der Waals surface area (Å²) < 4.78 is 31.1. The van der Waals surface area contributed by atoms with E-state index in [-0.39, 0.29) is 33.7 Å². The highest BCUT2D eigenvalue weighted by Gasteiger charge is 2.35. The van der Waals surface area contributed by atoms with E-state index in [0.29, 0.717) is 5.56 Å². The van der Waals surface area contributed by atoms with Gasteiger partial charge in [0, 0.05) is 25.6 Å². The Balaban J connectivity index is 2.57. The average molecular weight is 354 g/mol. The zero-order valence-corrected chi connectivity index (χ0v) is 13.6. The first-order chi connectivity index (χ1) is 9.70. The summed E-state index contributed by atoms with van der Waals surface area (Å²) in [6, 6.07) is 1.33. The van der Waals surface area contributed by atoms with Crippen LogP contribution in [0, 0.1) is 0 Å².